The minimum atomic E-state index is -4.30. The third-order valence-corrected chi connectivity index (χ3v) is 4.41. The van der Waals surface area contributed by atoms with Crippen LogP contribution in [0.3, 0.4) is 0 Å². The maximum atomic E-state index is 13.4. The predicted octanol–water partition coefficient (Wildman–Crippen LogP) is 4.51. The minimum Gasteiger partial charge on any atom is -0.314 e. The van der Waals surface area contributed by atoms with Crippen molar-refractivity contribution in [3.05, 3.63) is 35.4 Å². The number of nitrogens with one attached hydrogen (secondary N) is 1. The molecule has 2 nitrogen and oxygen atoms in total. The first-order valence-corrected chi connectivity index (χ1v) is 8.06. The lowest BCUT2D eigenvalue weighted by molar-refractivity contribution is -0.139. The highest BCUT2D eigenvalue weighted by Gasteiger charge is 2.37. The Morgan fingerprint density at radius 2 is 1.78 bits per heavy atom. The molecule has 1 unspecified atom stereocenters. The predicted molar refractivity (Wildman–Crippen MR) is 89.9 cm³/mol. The van der Waals surface area contributed by atoms with E-state index in [4.69, 9.17) is 0 Å². The van der Waals surface area contributed by atoms with E-state index in [9.17, 15) is 13.2 Å². The Morgan fingerprint density at radius 3 is 2.35 bits per heavy atom. The summed E-state index contributed by atoms with van der Waals surface area (Å²) < 4.78 is 40.2. The van der Waals surface area contributed by atoms with E-state index in [1.807, 2.05) is 0 Å². The average molecular weight is 351 g/mol. The van der Waals surface area contributed by atoms with Gasteiger partial charge in [-0.15, -0.1) is 12.4 Å². The lowest BCUT2D eigenvalue weighted by atomic mass is 9.86. The van der Waals surface area contributed by atoms with Crippen LogP contribution in [0.5, 0.6) is 0 Å². The molecule has 1 heterocycles. The van der Waals surface area contributed by atoms with Crippen molar-refractivity contribution >= 4 is 12.4 Å². The summed E-state index contributed by atoms with van der Waals surface area (Å²) in [4.78, 5) is 2.21. The van der Waals surface area contributed by atoms with Gasteiger partial charge in [0.05, 0.1) is 5.56 Å². The second-order valence-electron chi connectivity index (χ2n) is 6.08. The first-order valence-electron chi connectivity index (χ1n) is 8.06. The van der Waals surface area contributed by atoms with Crippen LogP contribution in [-0.2, 0) is 6.18 Å². The zero-order valence-corrected chi connectivity index (χ0v) is 14.5. The second kappa shape index (κ2) is 8.90. The number of hydrogen-bond donors (Lipinski definition) is 1. The van der Waals surface area contributed by atoms with Gasteiger partial charge in [0, 0.05) is 32.2 Å². The van der Waals surface area contributed by atoms with Crippen molar-refractivity contribution in [2.75, 3.05) is 26.2 Å². The molecule has 6 heteroatoms. The Bertz CT molecular complexity index is 473. The summed E-state index contributed by atoms with van der Waals surface area (Å²) in [7, 11) is 0. The number of halogens is 4. The molecule has 2 atom stereocenters. The number of nitrogens with zero attached hydrogens (tertiary/aromatic N) is 1. The number of benzene rings is 1. The van der Waals surface area contributed by atoms with Gasteiger partial charge in [-0.2, -0.15) is 13.2 Å². The van der Waals surface area contributed by atoms with Gasteiger partial charge in [0.25, 0.3) is 0 Å². The molecule has 0 radical (unpaired) electrons. The minimum absolute atomic E-state index is 0. The summed E-state index contributed by atoms with van der Waals surface area (Å²) in [6.45, 7) is 7.42. The third-order valence-electron chi connectivity index (χ3n) is 4.41. The zero-order chi connectivity index (χ0) is 16.2. The first kappa shape index (κ1) is 20.3. The highest BCUT2D eigenvalue weighted by molar-refractivity contribution is 5.85. The standard InChI is InChI=1S/C17H25F3N2.ClH/c1-3-6-13(2)16(22-11-9-21-10-12-22)14-7-4-5-8-15(14)17(18,19)20;/h4-5,7-8,13,16,21H,3,6,9-12H2,1-2H3;1H/t13?,16-;/m0./s1. The molecule has 0 aliphatic carbocycles. The second-order valence-corrected chi connectivity index (χ2v) is 6.08. The molecule has 0 spiro atoms. The molecule has 1 fully saturated rings. The van der Waals surface area contributed by atoms with Gasteiger partial charge in [-0.1, -0.05) is 38.5 Å². The lowest BCUT2D eigenvalue weighted by Crippen LogP contribution is -2.47. The fourth-order valence-electron chi connectivity index (χ4n) is 3.45. The summed E-state index contributed by atoms with van der Waals surface area (Å²) in [6.07, 6.45) is -2.38. The topological polar surface area (TPSA) is 15.3 Å². The van der Waals surface area contributed by atoms with E-state index >= 15 is 0 Å². The van der Waals surface area contributed by atoms with Crippen LogP contribution in [0.4, 0.5) is 13.2 Å². The van der Waals surface area contributed by atoms with E-state index < -0.39 is 11.7 Å². The van der Waals surface area contributed by atoms with Crippen molar-refractivity contribution in [2.45, 2.75) is 38.9 Å². The van der Waals surface area contributed by atoms with Crippen LogP contribution >= 0.6 is 12.4 Å². The van der Waals surface area contributed by atoms with E-state index in [1.165, 1.54) is 12.1 Å². The Kier molecular flexibility index (Phi) is 7.84. The van der Waals surface area contributed by atoms with Crippen LogP contribution in [0.1, 0.15) is 43.9 Å². The molecule has 0 saturated carbocycles. The van der Waals surface area contributed by atoms with E-state index in [0.29, 0.717) is 5.56 Å². The van der Waals surface area contributed by atoms with Crippen LogP contribution in [-0.4, -0.2) is 31.1 Å². The van der Waals surface area contributed by atoms with Gasteiger partial charge < -0.3 is 5.32 Å². The Morgan fingerprint density at radius 1 is 1.17 bits per heavy atom. The molecule has 0 bridgehead atoms. The van der Waals surface area contributed by atoms with Crippen LogP contribution in [0, 0.1) is 5.92 Å². The number of rotatable bonds is 5. The SMILES string of the molecule is CCCC(C)[C@@H](c1ccccc1C(F)(F)F)N1CCNCC1.Cl. The van der Waals surface area contributed by atoms with Crippen LogP contribution in [0.2, 0.25) is 0 Å². The van der Waals surface area contributed by atoms with Gasteiger partial charge in [0.15, 0.2) is 0 Å². The summed E-state index contributed by atoms with van der Waals surface area (Å²) in [5.74, 6) is 0.201. The molecule has 1 aromatic carbocycles. The van der Waals surface area contributed by atoms with Gasteiger partial charge in [0.2, 0.25) is 0 Å². The molecule has 0 aromatic heterocycles. The van der Waals surface area contributed by atoms with Gasteiger partial charge in [-0.05, 0) is 24.0 Å². The molecule has 1 aliphatic rings. The molecule has 23 heavy (non-hydrogen) atoms. The Hall–Kier alpha value is -0.780. The van der Waals surface area contributed by atoms with Crippen LogP contribution in [0.25, 0.3) is 0 Å². The van der Waals surface area contributed by atoms with Crippen molar-refractivity contribution in [3.63, 3.8) is 0 Å². The fourth-order valence-corrected chi connectivity index (χ4v) is 3.45. The van der Waals surface area contributed by atoms with Crippen molar-refractivity contribution in [2.24, 2.45) is 5.92 Å². The van der Waals surface area contributed by atoms with Gasteiger partial charge in [-0.3, -0.25) is 4.90 Å². The van der Waals surface area contributed by atoms with Gasteiger partial charge in [0.1, 0.15) is 0 Å². The largest absolute Gasteiger partial charge is 0.416 e. The zero-order valence-electron chi connectivity index (χ0n) is 13.7. The molecule has 1 saturated heterocycles. The number of piperazine rings is 1. The van der Waals surface area contributed by atoms with E-state index in [-0.39, 0.29) is 24.4 Å². The van der Waals surface area contributed by atoms with Crippen molar-refractivity contribution in [1.29, 1.82) is 0 Å². The summed E-state index contributed by atoms with van der Waals surface area (Å²) in [5.41, 5.74) is -0.0562. The van der Waals surface area contributed by atoms with Crippen LogP contribution in [0.15, 0.2) is 24.3 Å². The molecule has 2 rings (SSSR count). The van der Waals surface area contributed by atoms with Gasteiger partial charge >= 0.3 is 6.18 Å². The summed E-state index contributed by atoms with van der Waals surface area (Å²) in [5, 5.41) is 3.27. The molecule has 1 aliphatic heterocycles. The average Bonchev–Trinajstić information content (AvgIpc) is 2.48. The number of hydrogen-bond acceptors (Lipinski definition) is 2. The van der Waals surface area contributed by atoms with Crippen molar-refractivity contribution in [1.82, 2.24) is 10.2 Å². The third kappa shape index (κ3) is 5.10. The molecule has 132 valence electrons. The normalized spacial score (nSPS) is 19.0. The van der Waals surface area contributed by atoms with E-state index in [2.05, 4.69) is 24.1 Å². The van der Waals surface area contributed by atoms with Crippen LogP contribution < -0.4 is 5.32 Å². The molecule has 0 amide bonds. The first-order chi connectivity index (χ1) is 10.4. The Labute approximate surface area is 142 Å². The van der Waals surface area contributed by atoms with E-state index in [0.717, 1.165) is 39.0 Å². The van der Waals surface area contributed by atoms with Crippen molar-refractivity contribution < 1.29 is 13.2 Å². The molecular weight excluding hydrogens is 325 g/mol. The lowest BCUT2D eigenvalue weighted by Gasteiger charge is -2.39. The monoisotopic (exact) mass is 350 g/mol. The Balaban J connectivity index is 0.00000264. The molecular formula is C17H26ClF3N2. The fraction of sp³-hybridized carbons (Fsp3) is 0.647. The summed E-state index contributed by atoms with van der Waals surface area (Å²) >= 11 is 0. The van der Waals surface area contributed by atoms with Crippen molar-refractivity contribution in [3.8, 4) is 0 Å². The maximum absolute atomic E-state index is 13.4. The smallest absolute Gasteiger partial charge is 0.314 e. The van der Waals surface area contributed by atoms with Gasteiger partial charge in [-0.25, -0.2) is 0 Å². The summed E-state index contributed by atoms with van der Waals surface area (Å²) in [6, 6.07) is 5.90. The molecule has 1 aromatic rings. The molecule has 1 N–H and O–H groups in total. The number of alkyl halides is 3. The van der Waals surface area contributed by atoms with E-state index in [1.54, 1.807) is 12.1 Å². The highest BCUT2D eigenvalue weighted by atomic mass is 35.5. The quantitative estimate of drug-likeness (QED) is 0.840. The maximum Gasteiger partial charge on any atom is 0.416 e. The highest BCUT2D eigenvalue weighted by Crippen LogP contribution is 2.40.